The molecule has 4 nitrogen and oxygen atoms in total. The van der Waals surface area contributed by atoms with Crippen molar-refractivity contribution in [2.45, 2.75) is 13.8 Å². The summed E-state index contributed by atoms with van der Waals surface area (Å²) >= 11 is 1.45. The fourth-order valence-electron chi connectivity index (χ4n) is 2.00. The molecule has 0 atom stereocenters. The van der Waals surface area contributed by atoms with Gasteiger partial charge in [0.1, 0.15) is 0 Å². The van der Waals surface area contributed by atoms with Crippen LogP contribution in [0.2, 0.25) is 0 Å². The van der Waals surface area contributed by atoms with Crippen molar-refractivity contribution in [3.63, 3.8) is 0 Å². The number of benzene rings is 1. The van der Waals surface area contributed by atoms with Crippen LogP contribution in [0.15, 0.2) is 53.3 Å². The Morgan fingerprint density at radius 2 is 1.95 bits per heavy atom. The highest BCUT2D eigenvalue weighted by Gasteiger charge is 2.17. The van der Waals surface area contributed by atoms with Crippen molar-refractivity contribution in [2.75, 3.05) is 5.32 Å². The van der Waals surface area contributed by atoms with Crippen molar-refractivity contribution in [1.82, 2.24) is 4.98 Å². The molecule has 0 spiro atoms. The minimum absolute atomic E-state index is 0.0351. The number of hydrogen-bond acceptors (Lipinski definition) is 4. The summed E-state index contributed by atoms with van der Waals surface area (Å²) in [7, 11) is 0. The molecule has 2 aromatic heterocycles. The first-order chi connectivity index (χ1) is 10.6. The van der Waals surface area contributed by atoms with Crippen molar-refractivity contribution in [1.29, 1.82) is 0 Å². The van der Waals surface area contributed by atoms with Crippen LogP contribution in [-0.2, 0) is 4.79 Å². The fourth-order valence-corrected chi connectivity index (χ4v) is 2.98. The molecule has 2 heterocycles. The van der Waals surface area contributed by atoms with Crippen LogP contribution in [0.5, 0.6) is 0 Å². The lowest BCUT2D eigenvalue weighted by Crippen LogP contribution is -2.17. The van der Waals surface area contributed by atoms with E-state index >= 15 is 0 Å². The third-order valence-corrected chi connectivity index (χ3v) is 4.23. The lowest BCUT2D eigenvalue weighted by atomic mass is 10.1. The summed E-state index contributed by atoms with van der Waals surface area (Å²) in [6.45, 7) is 3.72. The number of hydrogen-bond donors (Lipinski definition) is 1. The van der Waals surface area contributed by atoms with Gasteiger partial charge in [0.2, 0.25) is 5.91 Å². The lowest BCUT2D eigenvalue weighted by molar-refractivity contribution is -0.118. The van der Waals surface area contributed by atoms with Crippen LogP contribution in [0.25, 0.3) is 21.7 Å². The molecule has 1 aromatic carbocycles. The monoisotopic (exact) mass is 312 g/mol. The number of nitrogens with one attached hydrogen (secondary N) is 1. The fraction of sp³-hybridized carbons (Fsp3) is 0.176. The molecule has 0 saturated carbocycles. The molecule has 3 aromatic rings. The van der Waals surface area contributed by atoms with E-state index in [0.717, 1.165) is 21.7 Å². The molecular weight excluding hydrogens is 296 g/mol. The predicted molar refractivity (Wildman–Crippen MR) is 88.7 cm³/mol. The molecule has 0 radical (unpaired) electrons. The van der Waals surface area contributed by atoms with Gasteiger partial charge >= 0.3 is 0 Å². The lowest BCUT2D eigenvalue weighted by Gasteiger charge is -2.03. The molecular formula is C17H16N2O2S. The SMILES string of the molecule is CC(C)C(=O)Nc1nc(-c2ccccc2)c(-c2ccoc2)s1. The van der Waals surface area contributed by atoms with Crippen molar-refractivity contribution >= 4 is 22.4 Å². The second-order valence-corrected chi connectivity index (χ2v) is 6.22. The third-order valence-electron chi connectivity index (χ3n) is 3.21. The molecule has 22 heavy (non-hydrogen) atoms. The number of amides is 1. The third kappa shape index (κ3) is 2.94. The first-order valence-corrected chi connectivity index (χ1v) is 7.86. The topological polar surface area (TPSA) is 55.1 Å². The van der Waals surface area contributed by atoms with E-state index in [2.05, 4.69) is 10.3 Å². The Kier molecular flexibility index (Phi) is 4.06. The summed E-state index contributed by atoms with van der Waals surface area (Å²) in [4.78, 5) is 17.5. The van der Waals surface area contributed by atoms with Crippen molar-refractivity contribution < 1.29 is 9.21 Å². The largest absolute Gasteiger partial charge is 0.472 e. The van der Waals surface area contributed by atoms with Gasteiger partial charge in [0, 0.05) is 17.0 Å². The normalized spacial score (nSPS) is 10.9. The maximum absolute atomic E-state index is 11.9. The molecule has 112 valence electrons. The Balaban J connectivity index is 2.04. The molecule has 0 aliphatic heterocycles. The van der Waals surface area contributed by atoms with E-state index in [1.54, 1.807) is 12.5 Å². The Morgan fingerprint density at radius 3 is 2.59 bits per heavy atom. The van der Waals surface area contributed by atoms with E-state index in [-0.39, 0.29) is 11.8 Å². The Bertz CT molecular complexity index is 761. The van der Waals surface area contributed by atoms with Gasteiger partial charge in [0.05, 0.1) is 23.1 Å². The van der Waals surface area contributed by atoms with E-state index in [1.165, 1.54) is 11.3 Å². The quantitative estimate of drug-likeness (QED) is 0.762. The van der Waals surface area contributed by atoms with Gasteiger partial charge in [-0.15, -0.1) is 0 Å². The molecule has 0 bridgehead atoms. The van der Waals surface area contributed by atoms with Crippen LogP contribution in [0.4, 0.5) is 5.13 Å². The van der Waals surface area contributed by atoms with Crippen LogP contribution >= 0.6 is 11.3 Å². The van der Waals surface area contributed by atoms with Gasteiger partial charge in [-0.3, -0.25) is 4.79 Å². The van der Waals surface area contributed by atoms with E-state index in [9.17, 15) is 4.79 Å². The molecule has 3 rings (SSSR count). The summed E-state index contributed by atoms with van der Waals surface area (Å²) in [5.41, 5.74) is 2.83. The van der Waals surface area contributed by atoms with Crippen molar-refractivity contribution in [3.05, 3.63) is 48.9 Å². The maximum atomic E-state index is 11.9. The predicted octanol–water partition coefficient (Wildman–Crippen LogP) is 4.66. The molecule has 1 N–H and O–H groups in total. The van der Waals surface area contributed by atoms with E-state index in [4.69, 9.17) is 4.42 Å². The molecule has 0 unspecified atom stereocenters. The summed E-state index contributed by atoms with van der Waals surface area (Å²) in [5, 5.41) is 3.48. The Labute approximate surface area is 132 Å². The molecule has 0 saturated heterocycles. The van der Waals surface area contributed by atoms with Gasteiger partial charge in [0.25, 0.3) is 0 Å². The zero-order chi connectivity index (χ0) is 15.5. The summed E-state index contributed by atoms with van der Waals surface area (Å²) in [5.74, 6) is -0.117. The molecule has 0 fully saturated rings. The Morgan fingerprint density at radius 1 is 1.18 bits per heavy atom. The number of furan rings is 1. The van der Waals surface area contributed by atoms with E-state index < -0.39 is 0 Å². The zero-order valence-corrected chi connectivity index (χ0v) is 13.2. The molecule has 0 aliphatic rings. The number of aromatic nitrogens is 1. The highest BCUT2D eigenvalue weighted by atomic mass is 32.1. The Hall–Kier alpha value is -2.40. The minimum atomic E-state index is -0.0820. The standard InChI is InChI=1S/C17H16N2O2S/c1-11(2)16(20)19-17-18-14(12-6-4-3-5-7-12)15(22-17)13-8-9-21-10-13/h3-11H,1-2H3,(H,18,19,20). The molecule has 0 aliphatic carbocycles. The minimum Gasteiger partial charge on any atom is -0.472 e. The second-order valence-electron chi connectivity index (χ2n) is 5.22. The molecule has 1 amide bonds. The van der Waals surface area contributed by atoms with Crippen LogP contribution in [0.1, 0.15) is 13.8 Å². The number of rotatable bonds is 4. The van der Waals surface area contributed by atoms with Gasteiger partial charge in [-0.25, -0.2) is 4.98 Å². The average molecular weight is 312 g/mol. The highest BCUT2D eigenvalue weighted by Crippen LogP contribution is 2.39. The smallest absolute Gasteiger partial charge is 0.228 e. The van der Waals surface area contributed by atoms with Crippen LogP contribution in [-0.4, -0.2) is 10.9 Å². The van der Waals surface area contributed by atoms with Crippen LogP contribution in [0, 0.1) is 5.92 Å². The summed E-state index contributed by atoms with van der Waals surface area (Å²) in [6, 6.07) is 11.8. The van der Waals surface area contributed by atoms with Gasteiger partial charge in [-0.2, -0.15) is 0 Å². The molecule has 5 heteroatoms. The van der Waals surface area contributed by atoms with E-state index in [1.807, 2.05) is 50.2 Å². The van der Waals surface area contributed by atoms with Crippen molar-refractivity contribution in [2.24, 2.45) is 5.92 Å². The van der Waals surface area contributed by atoms with Gasteiger partial charge < -0.3 is 9.73 Å². The number of carbonyl (C=O) groups excluding carboxylic acids is 1. The number of carbonyl (C=O) groups is 1. The average Bonchev–Trinajstić information content (AvgIpc) is 3.16. The van der Waals surface area contributed by atoms with E-state index in [0.29, 0.717) is 5.13 Å². The van der Waals surface area contributed by atoms with Crippen LogP contribution in [0.3, 0.4) is 0 Å². The second kappa shape index (κ2) is 6.15. The highest BCUT2D eigenvalue weighted by molar-refractivity contribution is 7.19. The number of nitrogens with zero attached hydrogens (tertiary/aromatic N) is 1. The summed E-state index contributed by atoms with van der Waals surface area (Å²) in [6.07, 6.45) is 3.32. The number of anilines is 1. The summed E-state index contributed by atoms with van der Waals surface area (Å²) < 4.78 is 5.18. The van der Waals surface area contributed by atoms with Gasteiger partial charge in [-0.1, -0.05) is 55.5 Å². The van der Waals surface area contributed by atoms with Gasteiger partial charge in [0.15, 0.2) is 5.13 Å². The first kappa shape index (κ1) is 14.5. The number of thiazole rings is 1. The van der Waals surface area contributed by atoms with Crippen LogP contribution < -0.4 is 5.32 Å². The zero-order valence-electron chi connectivity index (χ0n) is 12.4. The van der Waals surface area contributed by atoms with Gasteiger partial charge in [-0.05, 0) is 6.07 Å². The first-order valence-electron chi connectivity index (χ1n) is 7.05. The maximum Gasteiger partial charge on any atom is 0.228 e. The van der Waals surface area contributed by atoms with Crippen molar-refractivity contribution in [3.8, 4) is 21.7 Å².